The second-order valence-electron chi connectivity index (χ2n) is 3.39. The van der Waals surface area contributed by atoms with E-state index in [1.165, 1.54) is 38.5 Å². The molecule has 1 aliphatic carbocycles. The molecule has 62 valence electrons. The van der Waals surface area contributed by atoms with E-state index in [1.807, 2.05) is 12.2 Å². The van der Waals surface area contributed by atoms with Gasteiger partial charge in [0.05, 0.1) is 0 Å². The van der Waals surface area contributed by atoms with Crippen LogP contribution in [0, 0.1) is 5.92 Å². The summed E-state index contributed by atoms with van der Waals surface area (Å²) in [4.78, 5) is 0. The highest BCUT2D eigenvalue weighted by Gasteiger charge is 2.19. The minimum absolute atomic E-state index is 1.11. The lowest BCUT2D eigenvalue weighted by atomic mass is 10.1. The fourth-order valence-corrected chi connectivity index (χ4v) is 1.29. The average molecular weight is 150 g/mol. The van der Waals surface area contributed by atoms with Crippen LogP contribution in [-0.2, 0) is 0 Å². The Morgan fingerprint density at radius 2 is 2.09 bits per heavy atom. The van der Waals surface area contributed by atoms with Crippen LogP contribution in [-0.4, -0.2) is 0 Å². The van der Waals surface area contributed by atoms with Crippen molar-refractivity contribution in [2.75, 3.05) is 0 Å². The van der Waals surface area contributed by atoms with Crippen molar-refractivity contribution in [3.8, 4) is 0 Å². The van der Waals surface area contributed by atoms with Gasteiger partial charge in [0.25, 0.3) is 0 Å². The summed E-state index contributed by atoms with van der Waals surface area (Å²) >= 11 is 0. The van der Waals surface area contributed by atoms with E-state index in [2.05, 4.69) is 12.7 Å². The Morgan fingerprint density at radius 3 is 2.73 bits per heavy atom. The Balaban J connectivity index is 1.79. The Kier molecular flexibility index (Phi) is 4.03. The van der Waals surface area contributed by atoms with Gasteiger partial charge in [-0.05, 0) is 18.8 Å². The van der Waals surface area contributed by atoms with Gasteiger partial charge in [-0.3, -0.25) is 0 Å². The van der Waals surface area contributed by atoms with Crippen LogP contribution < -0.4 is 0 Å². The van der Waals surface area contributed by atoms with Crippen molar-refractivity contribution in [2.45, 2.75) is 38.5 Å². The molecule has 0 aliphatic heterocycles. The summed E-state index contributed by atoms with van der Waals surface area (Å²) in [5.74, 6) is 1.11. The molecule has 11 heavy (non-hydrogen) atoms. The van der Waals surface area contributed by atoms with E-state index in [4.69, 9.17) is 0 Å². The number of rotatable bonds is 6. The molecular weight excluding hydrogens is 132 g/mol. The molecule has 0 radical (unpaired) electrons. The first-order valence-corrected chi connectivity index (χ1v) is 4.71. The van der Waals surface area contributed by atoms with Gasteiger partial charge in [0.2, 0.25) is 0 Å². The molecule has 0 amide bonds. The maximum Gasteiger partial charge on any atom is -0.0348 e. The van der Waals surface area contributed by atoms with Crippen LogP contribution in [0.15, 0.2) is 24.8 Å². The van der Waals surface area contributed by atoms with Crippen molar-refractivity contribution in [1.29, 1.82) is 0 Å². The van der Waals surface area contributed by atoms with Gasteiger partial charge in [0.1, 0.15) is 0 Å². The number of hydrogen-bond acceptors (Lipinski definition) is 0. The maximum atomic E-state index is 3.63. The molecular formula is C11H18. The van der Waals surface area contributed by atoms with E-state index in [0.29, 0.717) is 0 Å². The van der Waals surface area contributed by atoms with E-state index in [-0.39, 0.29) is 0 Å². The zero-order valence-corrected chi connectivity index (χ0v) is 7.26. The van der Waals surface area contributed by atoms with Gasteiger partial charge in [0.15, 0.2) is 0 Å². The van der Waals surface area contributed by atoms with Gasteiger partial charge in [-0.2, -0.15) is 0 Å². The van der Waals surface area contributed by atoms with Crippen molar-refractivity contribution >= 4 is 0 Å². The van der Waals surface area contributed by atoms with Crippen molar-refractivity contribution in [2.24, 2.45) is 5.92 Å². The normalized spacial score (nSPS) is 17.5. The first-order chi connectivity index (χ1) is 5.43. The Bertz CT molecular complexity index is 129. The molecule has 0 saturated heterocycles. The number of allylic oxidation sites excluding steroid dienone is 3. The maximum absolute atomic E-state index is 3.63. The smallest absolute Gasteiger partial charge is 0.0348 e. The van der Waals surface area contributed by atoms with E-state index < -0.39 is 0 Å². The minimum atomic E-state index is 1.11. The van der Waals surface area contributed by atoms with Crippen LogP contribution in [0.25, 0.3) is 0 Å². The second-order valence-corrected chi connectivity index (χ2v) is 3.39. The molecule has 0 bridgehead atoms. The van der Waals surface area contributed by atoms with Gasteiger partial charge in [-0.25, -0.2) is 0 Å². The summed E-state index contributed by atoms with van der Waals surface area (Å²) in [6.07, 6.45) is 14.6. The molecule has 0 aromatic heterocycles. The van der Waals surface area contributed by atoms with Gasteiger partial charge in [0, 0.05) is 0 Å². The molecule has 0 aromatic rings. The van der Waals surface area contributed by atoms with Crippen LogP contribution in [0.4, 0.5) is 0 Å². The van der Waals surface area contributed by atoms with Gasteiger partial charge >= 0.3 is 0 Å². The summed E-state index contributed by atoms with van der Waals surface area (Å²) in [7, 11) is 0. The molecule has 0 N–H and O–H groups in total. The summed E-state index contributed by atoms with van der Waals surface area (Å²) in [5.41, 5.74) is 0. The summed E-state index contributed by atoms with van der Waals surface area (Å²) in [5, 5.41) is 0. The van der Waals surface area contributed by atoms with Crippen molar-refractivity contribution in [3.05, 3.63) is 24.8 Å². The lowest BCUT2D eigenvalue weighted by Gasteiger charge is -1.94. The standard InChI is InChI=1S/C11H18/c1-2-3-4-5-6-7-8-11-9-10-11/h2-4,11H,1,5-10H2. The molecule has 1 fully saturated rings. The molecule has 0 unspecified atom stereocenters. The van der Waals surface area contributed by atoms with Crippen LogP contribution in [0.2, 0.25) is 0 Å². The van der Waals surface area contributed by atoms with Crippen LogP contribution in [0.5, 0.6) is 0 Å². The van der Waals surface area contributed by atoms with Crippen LogP contribution in [0.3, 0.4) is 0 Å². The Labute approximate surface area is 70.0 Å². The third-order valence-electron chi connectivity index (χ3n) is 2.20. The van der Waals surface area contributed by atoms with E-state index in [1.54, 1.807) is 0 Å². The average Bonchev–Trinajstić information content (AvgIpc) is 2.80. The first kappa shape index (κ1) is 8.58. The van der Waals surface area contributed by atoms with Gasteiger partial charge in [-0.15, -0.1) is 0 Å². The molecule has 0 aromatic carbocycles. The quantitative estimate of drug-likeness (QED) is 0.400. The molecule has 0 atom stereocenters. The summed E-state index contributed by atoms with van der Waals surface area (Å²) < 4.78 is 0. The van der Waals surface area contributed by atoms with E-state index >= 15 is 0 Å². The lowest BCUT2D eigenvalue weighted by Crippen LogP contribution is -1.77. The topological polar surface area (TPSA) is 0 Å². The molecule has 1 rings (SSSR count). The predicted octanol–water partition coefficient (Wildman–Crippen LogP) is 3.70. The molecule has 0 heterocycles. The molecule has 1 aliphatic rings. The highest BCUT2D eigenvalue weighted by molar-refractivity contribution is 4.96. The first-order valence-electron chi connectivity index (χ1n) is 4.71. The summed E-state index contributed by atoms with van der Waals surface area (Å²) in [6, 6.07) is 0. The number of hydrogen-bond donors (Lipinski definition) is 0. The second kappa shape index (κ2) is 5.17. The summed E-state index contributed by atoms with van der Waals surface area (Å²) in [6.45, 7) is 3.63. The van der Waals surface area contributed by atoms with Crippen molar-refractivity contribution in [3.63, 3.8) is 0 Å². The SMILES string of the molecule is C=CC=CCCCCC1CC1. The van der Waals surface area contributed by atoms with Crippen LogP contribution in [0.1, 0.15) is 38.5 Å². The Morgan fingerprint density at radius 1 is 1.27 bits per heavy atom. The zero-order valence-electron chi connectivity index (χ0n) is 7.26. The Hall–Kier alpha value is -0.520. The number of unbranched alkanes of at least 4 members (excludes halogenated alkanes) is 2. The minimum Gasteiger partial charge on any atom is -0.0991 e. The van der Waals surface area contributed by atoms with Crippen molar-refractivity contribution in [1.82, 2.24) is 0 Å². The third kappa shape index (κ3) is 4.83. The highest BCUT2D eigenvalue weighted by atomic mass is 14.2. The van der Waals surface area contributed by atoms with Crippen molar-refractivity contribution < 1.29 is 0 Å². The van der Waals surface area contributed by atoms with Crippen LogP contribution >= 0.6 is 0 Å². The third-order valence-corrected chi connectivity index (χ3v) is 2.20. The molecule has 1 saturated carbocycles. The molecule has 0 heteroatoms. The lowest BCUT2D eigenvalue weighted by molar-refractivity contribution is 0.634. The fraction of sp³-hybridized carbons (Fsp3) is 0.636. The van der Waals surface area contributed by atoms with E-state index in [0.717, 1.165) is 5.92 Å². The van der Waals surface area contributed by atoms with E-state index in [9.17, 15) is 0 Å². The largest absolute Gasteiger partial charge is 0.0991 e. The van der Waals surface area contributed by atoms with Gasteiger partial charge in [-0.1, -0.05) is 50.5 Å². The zero-order chi connectivity index (χ0) is 7.94. The van der Waals surface area contributed by atoms with Gasteiger partial charge < -0.3 is 0 Å². The predicted molar refractivity (Wildman–Crippen MR) is 50.5 cm³/mol. The monoisotopic (exact) mass is 150 g/mol. The molecule has 0 spiro atoms. The molecule has 0 nitrogen and oxygen atoms in total. The fourth-order valence-electron chi connectivity index (χ4n) is 1.29. The highest BCUT2D eigenvalue weighted by Crippen LogP contribution is 2.33.